The molecule has 5 nitrogen and oxygen atoms in total. The molecule has 98 valence electrons. The maximum Gasteiger partial charge on any atom is 0.254 e. The van der Waals surface area contributed by atoms with Crippen molar-refractivity contribution in [1.29, 1.82) is 0 Å². The summed E-state index contributed by atoms with van der Waals surface area (Å²) in [5.74, 6) is 0.574. The molecule has 0 bridgehead atoms. The Labute approximate surface area is 118 Å². The van der Waals surface area contributed by atoms with Crippen LogP contribution < -0.4 is 5.73 Å². The third-order valence-electron chi connectivity index (χ3n) is 3.32. The number of carbonyl (C=O) groups excluding carboxylic acids is 1. The highest BCUT2D eigenvalue weighted by Gasteiger charge is 2.24. The standard InChI is InChI=1S/C13H13BrN4O/c14-9-3-1-2-8(6-9)13(19)18-5-4-10-11(7-18)16-17-12(10)15/h1-3,6H,4-5,7H2,(H3,15,16,17). The lowest BCUT2D eigenvalue weighted by Gasteiger charge is -2.26. The summed E-state index contributed by atoms with van der Waals surface area (Å²) in [7, 11) is 0. The molecule has 2 heterocycles. The van der Waals surface area contributed by atoms with Gasteiger partial charge in [0.05, 0.1) is 12.2 Å². The fourth-order valence-electron chi connectivity index (χ4n) is 2.32. The number of halogens is 1. The zero-order chi connectivity index (χ0) is 13.4. The van der Waals surface area contributed by atoms with Crippen LogP contribution in [0.1, 0.15) is 21.6 Å². The van der Waals surface area contributed by atoms with Gasteiger partial charge in [0.1, 0.15) is 5.82 Å². The minimum atomic E-state index is 0.0279. The first-order valence-electron chi connectivity index (χ1n) is 6.01. The average Bonchev–Trinajstić information content (AvgIpc) is 2.79. The van der Waals surface area contributed by atoms with Crippen LogP contribution in [0.2, 0.25) is 0 Å². The number of aromatic nitrogens is 2. The molecule has 0 atom stereocenters. The third-order valence-corrected chi connectivity index (χ3v) is 3.82. The molecule has 1 aromatic heterocycles. The van der Waals surface area contributed by atoms with Crippen molar-refractivity contribution in [2.45, 2.75) is 13.0 Å². The van der Waals surface area contributed by atoms with E-state index in [4.69, 9.17) is 5.73 Å². The summed E-state index contributed by atoms with van der Waals surface area (Å²) in [6.45, 7) is 1.20. The first kappa shape index (κ1) is 12.2. The van der Waals surface area contributed by atoms with Crippen LogP contribution in [0.25, 0.3) is 0 Å². The van der Waals surface area contributed by atoms with Gasteiger partial charge in [-0.3, -0.25) is 9.89 Å². The van der Waals surface area contributed by atoms with Gasteiger partial charge in [-0.15, -0.1) is 0 Å². The normalized spacial score (nSPS) is 14.3. The lowest BCUT2D eigenvalue weighted by Crippen LogP contribution is -2.36. The van der Waals surface area contributed by atoms with Gasteiger partial charge < -0.3 is 10.6 Å². The largest absolute Gasteiger partial charge is 0.382 e. The molecule has 1 amide bonds. The number of amides is 1. The van der Waals surface area contributed by atoms with Crippen molar-refractivity contribution in [2.75, 3.05) is 12.3 Å². The molecule has 3 N–H and O–H groups in total. The Balaban J connectivity index is 1.83. The van der Waals surface area contributed by atoms with Gasteiger partial charge in [0.15, 0.2) is 0 Å². The molecule has 0 saturated heterocycles. The Morgan fingerprint density at radius 2 is 2.32 bits per heavy atom. The van der Waals surface area contributed by atoms with E-state index in [1.807, 2.05) is 29.2 Å². The van der Waals surface area contributed by atoms with Crippen LogP contribution in [-0.4, -0.2) is 27.5 Å². The second-order valence-electron chi connectivity index (χ2n) is 4.55. The number of nitrogens with zero attached hydrogens (tertiary/aromatic N) is 2. The Morgan fingerprint density at radius 3 is 3.11 bits per heavy atom. The summed E-state index contributed by atoms with van der Waals surface area (Å²) in [6.07, 6.45) is 0.747. The van der Waals surface area contributed by atoms with Crippen LogP contribution in [0.15, 0.2) is 28.7 Å². The predicted molar refractivity (Wildman–Crippen MR) is 75.6 cm³/mol. The van der Waals surface area contributed by atoms with E-state index in [0.29, 0.717) is 24.5 Å². The number of hydrogen-bond acceptors (Lipinski definition) is 3. The van der Waals surface area contributed by atoms with Crippen molar-refractivity contribution < 1.29 is 4.79 Å². The van der Waals surface area contributed by atoms with Gasteiger partial charge in [-0.05, 0) is 24.6 Å². The molecule has 1 aromatic carbocycles. The minimum absolute atomic E-state index is 0.0279. The maximum atomic E-state index is 12.4. The second-order valence-corrected chi connectivity index (χ2v) is 5.47. The van der Waals surface area contributed by atoms with Crippen LogP contribution in [0.3, 0.4) is 0 Å². The molecule has 1 aliphatic rings. The van der Waals surface area contributed by atoms with E-state index < -0.39 is 0 Å². The summed E-state index contributed by atoms with van der Waals surface area (Å²) in [6, 6.07) is 7.42. The Hall–Kier alpha value is -1.82. The van der Waals surface area contributed by atoms with Gasteiger partial charge in [-0.25, -0.2) is 0 Å². The number of fused-ring (bicyclic) bond motifs is 1. The lowest BCUT2D eigenvalue weighted by atomic mass is 10.1. The lowest BCUT2D eigenvalue weighted by molar-refractivity contribution is 0.0732. The second kappa shape index (κ2) is 4.70. The van der Waals surface area contributed by atoms with E-state index in [9.17, 15) is 4.79 Å². The Morgan fingerprint density at radius 1 is 1.47 bits per heavy atom. The zero-order valence-electron chi connectivity index (χ0n) is 10.2. The number of aromatic amines is 1. The fraction of sp³-hybridized carbons (Fsp3) is 0.231. The summed E-state index contributed by atoms with van der Waals surface area (Å²) in [4.78, 5) is 14.2. The van der Waals surface area contributed by atoms with Crippen LogP contribution in [0, 0.1) is 0 Å². The number of benzene rings is 1. The van der Waals surface area contributed by atoms with Crippen molar-refractivity contribution in [2.24, 2.45) is 0 Å². The third kappa shape index (κ3) is 2.23. The smallest absolute Gasteiger partial charge is 0.254 e. The molecule has 2 aromatic rings. The number of anilines is 1. The highest BCUT2D eigenvalue weighted by molar-refractivity contribution is 9.10. The van der Waals surface area contributed by atoms with Crippen LogP contribution in [-0.2, 0) is 13.0 Å². The van der Waals surface area contributed by atoms with Gasteiger partial charge in [-0.1, -0.05) is 22.0 Å². The molecule has 19 heavy (non-hydrogen) atoms. The summed E-state index contributed by atoms with van der Waals surface area (Å²) < 4.78 is 0.904. The number of nitrogens with one attached hydrogen (secondary N) is 1. The summed E-state index contributed by atoms with van der Waals surface area (Å²) in [5, 5.41) is 6.88. The fourth-order valence-corrected chi connectivity index (χ4v) is 2.72. The van der Waals surface area contributed by atoms with E-state index in [1.54, 1.807) is 0 Å². The van der Waals surface area contributed by atoms with Crippen LogP contribution in [0.4, 0.5) is 5.82 Å². The monoisotopic (exact) mass is 320 g/mol. The summed E-state index contributed by atoms with van der Waals surface area (Å²) in [5.41, 5.74) is 8.42. The van der Waals surface area contributed by atoms with Crippen molar-refractivity contribution in [3.63, 3.8) is 0 Å². The quantitative estimate of drug-likeness (QED) is 0.843. The number of H-pyrrole nitrogens is 1. The SMILES string of the molecule is Nc1n[nH]c2c1CCN(C(=O)c1cccc(Br)c1)C2. The average molecular weight is 321 g/mol. The van der Waals surface area contributed by atoms with Gasteiger partial charge in [-0.2, -0.15) is 5.10 Å². The molecular formula is C13H13BrN4O. The number of nitrogens with two attached hydrogens (primary N) is 1. The highest BCUT2D eigenvalue weighted by atomic mass is 79.9. The van der Waals surface area contributed by atoms with Crippen molar-refractivity contribution in [3.05, 3.63) is 45.6 Å². The first-order valence-corrected chi connectivity index (χ1v) is 6.81. The predicted octanol–water partition coefficient (Wildman–Crippen LogP) is 1.95. The Kier molecular flexibility index (Phi) is 3.02. The molecule has 6 heteroatoms. The van der Waals surface area contributed by atoms with Gasteiger partial charge >= 0.3 is 0 Å². The van der Waals surface area contributed by atoms with Crippen molar-refractivity contribution in [3.8, 4) is 0 Å². The molecule has 0 aliphatic carbocycles. The number of hydrogen-bond donors (Lipinski definition) is 2. The molecule has 0 fully saturated rings. The van der Waals surface area contributed by atoms with Crippen molar-refractivity contribution in [1.82, 2.24) is 15.1 Å². The topological polar surface area (TPSA) is 75.0 Å². The number of nitrogen functional groups attached to an aromatic ring is 1. The Bertz CT molecular complexity index is 637. The van der Waals surface area contributed by atoms with E-state index in [2.05, 4.69) is 26.1 Å². The van der Waals surface area contributed by atoms with Gasteiger partial charge in [0.25, 0.3) is 5.91 Å². The van der Waals surface area contributed by atoms with Gasteiger partial charge in [0.2, 0.25) is 0 Å². The molecule has 0 saturated carbocycles. The molecule has 1 aliphatic heterocycles. The van der Waals surface area contributed by atoms with E-state index in [1.165, 1.54) is 0 Å². The van der Waals surface area contributed by atoms with Gasteiger partial charge in [0, 0.05) is 22.1 Å². The minimum Gasteiger partial charge on any atom is -0.382 e. The highest BCUT2D eigenvalue weighted by Crippen LogP contribution is 2.23. The molecule has 0 unspecified atom stereocenters. The summed E-state index contributed by atoms with van der Waals surface area (Å²) >= 11 is 3.38. The zero-order valence-corrected chi connectivity index (χ0v) is 11.8. The van der Waals surface area contributed by atoms with E-state index >= 15 is 0 Å². The molecule has 3 rings (SSSR count). The number of rotatable bonds is 1. The molecule has 0 radical (unpaired) electrons. The van der Waals surface area contributed by atoms with E-state index in [-0.39, 0.29) is 5.91 Å². The first-order chi connectivity index (χ1) is 9.15. The maximum absolute atomic E-state index is 12.4. The molecular weight excluding hydrogens is 308 g/mol. The van der Waals surface area contributed by atoms with Crippen molar-refractivity contribution >= 4 is 27.7 Å². The van der Waals surface area contributed by atoms with Crippen LogP contribution in [0.5, 0.6) is 0 Å². The number of carbonyl (C=O) groups is 1. The van der Waals surface area contributed by atoms with Crippen LogP contribution >= 0.6 is 15.9 Å². The van der Waals surface area contributed by atoms with E-state index in [0.717, 1.165) is 22.2 Å². The molecule has 0 spiro atoms.